The molecule has 0 atom stereocenters. The number of halogens is 4. The molecule has 1 nitrogen and oxygen atoms in total. The Balaban J connectivity index is 2.94. The highest BCUT2D eigenvalue weighted by atomic mass is 79.9. The van der Waals surface area contributed by atoms with Gasteiger partial charge in [0, 0.05) is 12.4 Å². The van der Waals surface area contributed by atoms with Crippen molar-refractivity contribution in [3.63, 3.8) is 0 Å². The Bertz CT molecular complexity index is 554. The number of benzene rings is 1. The summed E-state index contributed by atoms with van der Waals surface area (Å²) in [7, 11) is 1.43. The highest BCUT2D eigenvalue weighted by Crippen LogP contribution is 2.41. The minimum atomic E-state index is -4.35. The lowest BCUT2D eigenvalue weighted by Gasteiger charge is -2.09. The zero-order valence-electron chi connectivity index (χ0n) is 8.69. The summed E-state index contributed by atoms with van der Waals surface area (Å²) in [6, 6.07) is 5.24. The Morgan fingerprint density at radius 2 is 1.88 bits per heavy atom. The van der Waals surface area contributed by atoms with Gasteiger partial charge in [-0.2, -0.15) is 13.2 Å². The fourth-order valence-corrected chi connectivity index (χ4v) is 2.79. The Morgan fingerprint density at radius 3 is 2.38 bits per heavy atom. The number of aromatic nitrogens is 1. The normalized spacial score (nSPS) is 12.4. The number of nitrogens with zero attached hydrogens (tertiary/aromatic N) is 1. The van der Waals surface area contributed by atoms with Crippen molar-refractivity contribution in [1.82, 2.24) is 4.57 Å². The predicted octanol–water partition coefficient (Wildman–Crippen LogP) is 4.27. The summed E-state index contributed by atoms with van der Waals surface area (Å²) in [6.07, 6.45) is -4.35. The van der Waals surface area contributed by atoms with E-state index >= 15 is 0 Å². The van der Waals surface area contributed by atoms with Gasteiger partial charge in [-0.15, -0.1) is 0 Å². The molecule has 0 N–H and O–H groups in total. The molecular weight excluding hydrogens is 283 g/mol. The zero-order chi connectivity index (χ0) is 12.1. The summed E-state index contributed by atoms with van der Waals surface area (Å²) in [5.41, 5.74) is 0.801. The molecule has 0 aliphatic heterocycles. The Kier molecular flexibility index (Phi) is 2.53. The largest absolute Gasteiger partial charge is 0.432 e. The fourth-order valence-electron chi connectivity index (χ4n) is 1.98. The second kappa shape index (κ2) is 3.52. The molecule has 0 aliphatic carbocycles. The van der Waals surface area contributed by atoms with Crippen molar-refractivity contribution < 1.29 is 13.2 Å². The molecule has 1 heterocycles. The van der Waals surface area contributed by atoms with Crippen LogP contribution in [0.1, 0.15) is 11.3 Å². The van der Waals surface area contributed by atoms with Crippen LogP contribution < -0.4 is 0 Å². The molecule has 2 rings (SSSR count). The van der Waals surface area contributed by atoms with E-state index in [0.717, 1.165) is 5.56 Å². The van der Waals surface area contributed by atoms with Crippen molar-refractivity contribution in [2.45, 2.75) is 13.1 Å². The lowest BCUT2D eigenvalue weighted by Crippen LogP contribution is -2.11. The lowest BCUT2D eigenvalue weighted by atomic mass is 10.2. The number of aryl methyl sites for hydroxylation is 2. The van der Waals surface area contributed by atoms with Crippen LogP contribution in [-0.2, 0) is 13.2 Å². The summed E-state index contributed by atoms with van der Waals surface area (Å²) in [5, 5.41) is 0.592. The molecule has 0 spiro atoms. The second-order valence-corrected chi connectivity index (χ2v) is 4.48. The first kappa shape index (κ1) is 11.5. The topological polar surface area (TPSA) is 4.93 Å². The first-order chi connectivity index (χ1) is 7.34. The van der Waals surface area contributed by atoms with Crippen molar-refractivity contribution in [3.8, 4) is 0 Å². The average molecular weight is 292 g/mol. The molecule has 2 aromatic rings. The van der Waals surface area contributed by atoms with Crippen LogP contribution in [0.2, 0.25) is 0 Å². The van der Waals surface area contributed by atoms with Gasteiger partial charge in [0.15, 0.2) is 0 Å². The van der Waals surface area contributed by atoms with E-state index in [2.05, 4.69) is 15.9 Å². The molecule has 0 aliphatic rings. The fraction of sp³-hybridized carbons (Fsp3) is 0.273. The number of fused-ring (bicyclic) bond motifs is 1. The third-order valence-electron chi connectivity index (χ3n) is 2.62. The number of hydrogen-bond acceptors (Lipinski definition) is 0. The van der Waals surface area contributed by atoms with Crippen molar-refractivity contribution in [3.05, 3.63) is 33.9 Å². The third-order valence-corrected chi connectivity index (χ3v) is 3.42. The molecule has 5 heteroatoms. The maximum Gasteiger partial charge on any atom is 0.432 e. The van der Waals surface area contributed by atoms with E-state index in [0.29, 0.717) is 10.9 Å². The number of para-hydroxylation sites is 1. The van der Waals surface area contributed by atoms with Crippen LogP contribution >= 0.6 is 15.9 Å². The maximum absolute atomic E-state index is 12.8. The number of hydrogen-bond donors (Lipinski definition) is 0. The van der Waals surface area contributed by atoms with E-state index in [1.54, 1.807) is 25.1 Å². The van der Waals surface area contributed by atoms with E-state index < -0.39 is 11.9 Å². The molecule has 0 saturated heterocycles. The molecule has 1 aromatic carbocycles. The first-order valence-corrected chi connectivity index (χ1v) is 5.44. The van der Waals surface area contributed by atoms with Gasteiger partial charge in [0.25, 0.3) is 0 Å². The average Bonchev–Trinajstić information content (AvgIpc) is 2.39. The summed E-state index contributed by atoms with van der Waals surface area (Å²) in [5.74, 6) is 0. The number of rotatable bonds is 0. The van der Waals surface area contributed by atoms with Crippen LogP contribution in [0.25, 0.3) is 10.9 Å². The van der Waals surface area contributed by atoms with Crippen molar-refractivity contribution in [2.24, 2.45) is 7.05 Å². The molecule has 0 bridgehead atoms. The van der Waals surface area contributed by atoms with Gasteiger partial charge in [-0.05, 0) is 28.4 Å². The van der Waals surface area contributed by atoms with E-state index in [-0.39, 0.29) is 4.47 Å². The molecule has 1 aromatic heterocycles. The van der Waals surface area contributed by atoms with Crippen molar-refractivity contribution in [1.29, 1.82) is 0 Å². The van der Waals surface area contributed by atoms with E-state index in [1.807, 2.05) is 0 Å². The Labute approximate surface area is 99.0 Å². The van der Waals surface area contributed by atoms with Crippen molar-refractivity contribution in [2.75, 3.05) is 0 Å². The minimum absolute atomic E-state index is 0.112. The predicted molar refractivity (Wildman–Crippen MR) is 60.4 cm³/mol. The Morgan fingerprint density at radius 1 is 1.25 bits per heavy atom. The van der Waals surface area contributed by atoms with E-state index in [9.17, 15) is 13.2 Å². The summed E-state index contributed by atoms with van der Waals surface area (Å²) in [4.78, 5) is 0. The van der Waals surface area contributed by atoms with E-state index in [4.69, 9.17) is 0 Å². The Hall–Kier alpha value is -0.970. The monoisotopic (exact) mass is 291 g/mol. The SMILES string of the molecule is Cc1cccc2c(Br)c(C(F)(F)F)n(C)c12. The molecular formula is C11H9BrF3N. The van der Waals surface area contributed by atoms with Crippen molar-refractivity contribution >= 4 is 26.8 Å². The van der Waals surface area contributed by atoms with Crippen LogP contribution in [-0.4, -0.2) is 4.57 Å². The molecule has 86 valence electrons. The second-order valence-electron chi connectivity index (χ2n) is 3.69. The molecule has 0 unspecified atom stereocenters. The maximum atomic E-state index is 12.8. The summed E-state index contributed by atoms with van der Waals surface area (Å²) < 4.78 is 39.8. The molecule has 0 fully saturated rings. The van der Waals surface area contributed by atoms with Crippen LogP contribution in [0, 0.1) is 6.92 Å². The smallest absolute Gasteiger partial charge is 0.339 e. The van der Waals surface area contributed by atoms with Gasteiger partial charge in [0.05, 0.1) is 9.99 Å². The van der Waals surface area contributed by atoms with Gasteiger partial charge in [-0.3, -0.25) is 0 Å². The van der Waals surface area contributed by atoms with Gasteiger partial charge in [0.1, 0.15) is 5.69 Å². The van der Waals surface area contributed by atoms with Gasteiger partial charge in [-0.25, -0.2) is 0 Å². The first-order valence-electron chi connectivity index (χ1n) is 4.64. The van der Waals surface area contributed by atoms with Gasteiger partial charge in [0.2, 0.25) is 0 Å². The molecule has 0 radical (unpaired) electrons. The van der Waals surface area contributed by atoms with Gasteiger partial charge < -0.3 is 4.57 Å². The van der Waals surface area contributed by atoms with Gasteiger partial charge in [-0.1, -0.05) is 18.2 Å². The van der Waals surface area contributed by atoms with Crippen LogP contribution in [0.15, 0.2) is 22.7 Å². The molecule has 0 amide bonds. The lowest BCUT2D eigenvalue weighted by molar-refractivity contribution is -0.143. The molecule has 16 heavy (non-hydrogen) atoms. The van der Waals surface area contributed by atoms with Crippen LogP contribution in [0.5, 0.6) is 0 Å². The highest BCUT2D eigenvalue weighted by molar-refractivity contribution is 9.10. The van der Waals surface area contributed by atoms with Crippen LogP contribution in [0.4, 0.5) is 13.2 Å². The van der Waals surface area contributed by atoms with Crippen LogP contribution in [0.3, 0.4) is 0 Å². The quantitative estimate of drug-likeness (QED) is 0.683. The third kappa shape index (κ3) is 1.54. The highest BCUT2D eigenvalue weighted by Gasteiger charge is 2.37. The van der Waals surface area contributed by atoms with Gasteiger partial charge >= 0.3 is 6.18 Å². The molecule has 0 saturated carbocycles. The minimum Gasteiger partial charge on any atom is -0.339 e. The van der Waals surface area contributed by atoms with E-state index in [1.165, 1.54) is 11.6 Å². The summed E-state index contributed by atoms with van der Waals surface area (Å²) >= 11 is 3.03. The summed E-state index contributed by atoms with van der Waals surface area (Å²) in [6.45, 7) is 1.80. The standard InChI is InChI=1S/C11H9BrF3N/c1-6-4-3-5-7-8(12)10(11(13,14)15)16(2)9(6)7/h3-5H,1-2H3. The zero-order valence-corrected chi connectivity index (χ0v) is 10.3. The number of alkyl halides is 3.